The molecule has 0 aromatic carbocycles. The first-order valence-corrected chi connectivity index (χ1v) is 12.7. The van der Waals surface area contributed by atoms with Gasteiger partial charge in [-0.05, 0) is 39.3 Å². The third kappa shape index (κ3) is 12.7. The first-order valence-electron chi connectivity index (χ1n) is 4.22. The topological polar surface area (TPSA) is 27.7 Å². The van der Waals surface area contributed by atoms with E-state index in [1.165, 1.54) is 0 Å². The molecule has 0 unspecified atom stereocenters. The minimum atomic E-state index is -1.41. The zero-order valence-corrected chi connectivity index (χ0v) is 13.2. The average molecular weight is 251 g/mol. The van der Waals surface area contributed by atoms with Crippen molar-refractivity contribution in [2.24, 2.45) is 0 Å². The monoisotopic (exact) mass is 250 g/mol. The van der Waals surface area contributed by atoms with E-state index in [0.717, 1.165) is 0 Å². The Hall–Kier alpha value is 0.748. The van der Waals surface area contributed by atoms with E-state index in [9.17, 15) is 0 Å². The largest absolute Gasteiger partial charge is 0.435 e. The van der Waals surface area contributed by atoms with Crippen molar-refractivity contribution in [3.63, 3.8) is 0 Å². The Morgan fingerprint density at radius 3 is 1.23 bits per heavy atom. The lowest BCUT2D eigenvalue weighted by Crippen LogP contribution is -2.32. The Kier molecular flexibility index (Phi) is 5.91. The van der Waals surface area contributed by atoms with E-state index >= 15 is 0 Å². The van der Waals surface area contributed by atoms with Crippen molar-refractivity contribution in [1.29, 1.82) is 0 Å². The number of rotatable bonds is 6. The van der Waals surface area contributed by atoms with Crippen molar-refractivity contribution in [2.75, 3.05) is 0 Å². The van der Waals surface area contributed by atoms with Crippen LogP contribution in [-0.2, 0) is 12.3 Å². The molecule has 7 heteroatoms. The molecule has 0 N–H and O–H groups in total. The minimum Gasteiger partial charge on any atom is -0.435 e. The Labute approximate surface area is 88.6 Å². The summed E-state index contributed by atoms with van der Waals surface area (Å²) in [6.07, 6.45) is 0. The predicted molar refractivity (Wildman–Crippen MR) is 61.5 cm³/mol. The summed E-state index contributed by atoms with van der Waals surface area (Å²) < 4.78 is 16.3. The number of hydrogen-bond donors (Lipinski definition) is 0. The van der Waals surface area contributed by atoms with E-state index in [2.05, 4.69) is 39.3 Å². The summed E-state index contributed by atoms with van der Waals surface area (Å²) in [7, 11) is -2.53. The van der Waals surface area contributed by atoms with E-state index in [-0.39, 0.29) is 20.0 Å². The fraction of sp³-hybridized carbons (Fsp3) is 1.00. The summed E-state index contributed by atoms with van der Waals surface area (Å²) in [6, 6.07) is 0. The van der Waals surface area contributed by atoms with Gasteiger partial charge in [0.1, 0.15) is 0 Å². The third-order valence-corrected chi connectivity index (χ3v) is 7.01. The van der Waals surface area contributed by atoms with Crippen molar-refractivity contribution in [3.8, 4) is 0 Å². The molecule has 0 amide bonds. The standard InChI is InChI=1S/C6H18O3Si4/c1-12(2,3)8-10-7-11-9-13(4,5)6/h1-6H3. The molecule has 0 aliphatic rings. The van der Waals surface area contributed by atoms with Crippen LogP contribution in [0, 0.1) is 0 Å². The molecular formula is C6H18O3Si4. The van der Waals surface area contributed by atoms with E-state index in [1.807, 2.05) is 0 Å². The van der Waals surface area contributed by atoms with Crippen LogP contribution in [0.4, 0.5) is 0 Å². The van der Waals surface area contributed by atoms with E-state index in [1.54, 1.807) is 0 Å². The first kappa shape index (κ1) is 13.7. The van der Waals surface area contributed by atoms with Crippen LogP contribution < -0.4 is 0 Å². The molecule has 4 radical (unpaired) electrons. The van der Waals surface area contributed by atoms with Gasteiger partial charge in [-0.25, -0.2) is 0 Å². The molecule has 0 fully saturated rings. The second-order valence-corrected chi connectivity index (χ2v) is 15.9. The van der Waals surface area contributed by atoms with Crippen LogP contribution in [0.5, 0.6) is 0 Å². The van der Waals surface area contributed by atoms with Gasteiger partial charge >= 0.3 is 20.0 Å². The van der Waals surface area contributed by atoms with E-state index in [0.29, 0.717) is 0 Å². The van der Waals surface area contributed by atoms with Gasteiger partial charge in [0.05, 0.1) is 0 Å². The van der Waals surface area contributed by atoms with Gasteiger partial charge in [0.15, 0.2) is 16.6 Å². The highest BCUT2D eigenvalue weighted by atomic mass is 28.4. The summed E-state index contributed by atoms with van der Waals surface area (Å²) in [5.41, 5.74) is 0. The minimum absolute atomic E-state index is 0.141. The Balaban J connectivity index is 3.28. The average Bonchev–Trinajstić information content (AvgIpc) is 1.81. The lowest BCUT2D eigenvalue weighted by molar-refractivity contribution is 0.415. The summed E-state index contributed by atoms with van der Waals surface area (Å²) in [6.45, 7) is 12.9. The molecule has 0 aliphatic heterocycles. The lowest BCUT2D eigenvalue weighted by atomic mass is 11.8. The van der Waals surface area contributed by atoms with Crippen LogP contribution in [-0.4, -0.2) is 36.6 Å². The van der Waals surface area contributed by atoms with Crippen LogP contribution in [0.1, 0.15) is 0 Å². The molecular weight excluding hydrogens is 232 g/mol. The smallest absolute Gasteiger partial charge is 0.411 e. The molecule has 0 rings (SSSR count). The Bertz CT molecular complexity index is 124. The fourth-order valence-corrected chi connectivity index (χ4v) is 3.53. The maximum absolute atomic E-state index is 5.53. The highest BCUT2D eigenvalue weighted by Gasteiger charge is 2.17. The Morgan fingerprint density at radius 1 is 0.692 bits per heavy atom. The van der Waals surface area contributed by atoms with Crippen LogP contribution in [0.2, 0.25) is 39.3 Å². The summed E-state index contributed by atoms with van der Waals surface area (Å²) >= 11 is 0. The third-order valence-electron chi connectivity index (χ3n) is 0.779. The molecule has 0 spiro atoms. The molecule has 3 nitrogen and oxygen atoms in total. The van der Waals surface area contributed by atoms with Crippen LogP contribution in [0.15, 0.2) is 0 Å². The lowest BCUT2D eigenvalue weighted by Gasteiger charge is -2.18. The molecule has 0 aromatic rings. The Morgan fingerprint density at radius 2 is 1.00 bits per heavy atom. The van der Waals surface area contributed by atoms with Gasteiger partial charge < -0.3 is 12.3 Å². The summed E-state index contributed by atoms with van der Waals surface area (Å²) in [5, 5.41) is 0. The highest BCUT2D eigenvalue weighted by Crippen LogP contribution is 2.02. The molecule has 0 atom stereocenters. The molecule has 0 heterocycles. The highest BCUT2D eigenvalue weighted by molar-refractivity contribution is 6.75. The second kappa shape index (κ2) is 5.59. The molecule has 0 bridgehead atoms. The second-order valence-electron chi connectivity index (χ2n) is 4.70. The molecule has 76 valence electrons. The quantitative estimate of drug-likeness (QED) is 0.531. The van der Waals surface area contributed by atoms with Crippen LogP contribution in [0.3, 0.4) is 0 Å². The van der Waals surface area contributed by atoms with Crippen molar-refractivity contribution >= 4 is 36.6 Å². The molecule has 0 aromatic heterocycles. The van der Waals surface area contributed by atoms with Gasteiger partial charge in [-0.2, -0.15) is 0 Å². The van der Waals surface area contributed by atoms with Crippen LogP contribution in [0.25, 0.3) is 0 Å². The molecule has 0 saturated carbocycles. The van der Waals surface area contributed by atoms with Gasteiger partial charge in [0, 0.05) is 0 Å². The normalized spacial score (nSPS) is 13.4. The predicted octanol–water partition coefficient (Wildman–Crippen LogP) is 1.77. The van der Waals surface area contributed by atoms with Crippen molar-refractivity contribution in [3.05, 3.63) is 0 Å². The summed E-state index contributed by atoms with van der Waals surface area (Å²) in [4.78, 5) is 0. The van der Waals surface area contributed by atoms with Crippen molar-refractivity contribution in [2.45, 2.75) is 39.3 Å². The van der Waals surface area contributed by atoms with E-state index < -0.39 is 16.6 Å². The first-order chi connectivity index (χ1) is 5.71. The zero-order chi connectivity index (χ0) is 10.5. The molecule has 13 heavy (non-hydrogen) atoms. The van der Waals surface area contributed by atoms with Crippen LogP contribution >= 0.6 is 0 Å². The van der Waals surface area contributed by atoms with Gasteiger partial charge in [0.2, 0.25) is 0 Å². The van der Waals surface area contributed by atoms with Crippen molar-refractivity contribution in [1.82, 2.24) is 0 Å². The maximum Gasteiger partial charge on any atom is 0.411 e. The van der Waals surface area contributed by atoms with Gasteiger partial charge in [-0.3, -0.25) is 0 Å². The van der Waals surface area contributed by atoms with Gasteiger partial charge in [-0.15, -0.1) is 0 Å². The summed E-state index contributed by atoms with van der Waals surface area (Å²) in [5.74, 6) is 0. The van der Waals surface area contributed by atoms with Crippen molar-refractivity contribution < 1.29 is 12.3 Å². The molecule has 0 saturated heterocycles. The zero-order valence-electron chi connectivity index (χ0n) is 9.22. The maximum atomic E-state index is 5.53. The molecule has 0 aliphatic carbocycles. The fourth-order valence-electron chi connectivity index (χ4n) is 0.309. The SMILES string of the molecule is C[Si](C)(C)O[Si]O[Si]O[Si](C)(C)C. The van der Waals surface area contributed by atoms with Gasteiger partial charge in [-0.1, -0.05) is 0 Å². The number of hydrogen-bond acceptors (Lipinski definition) is 3. The van der Waals surface area contributed by atoms with Gasteiger partial charge in [0.25, 0.3) is 0 Å². The van der Waals surface area contributed by atoms with E-state index in [4.69, 9.17) is 12.3 Å².